The predicted molar refractivity (Wildman–Crippen MR) is 152 cm³/mol. The van der Waals surface area contributed by atoms with Crippen LogP contribution in [0.1, 0.15) is 81.3 Å². The van der Waals surface area contributed by atoms with Crippen molar-refractivity contribution in [3.8, 4) is 5.75 Å². The van der Waals surface area contributed by atoms with Gasteiger partial charge in [-0.3, -0.25) is 4.79 Å². The molecule has 5 nitrogen and oxygen atoms in total. The molecule has 37 heavy (non-hydrogen) atoms. The quantitative estimate of drug-likeness (QED) is 0.194. The summed E-state index contributed by atoms with van der Waals surface area (Å²) in [5, 5.41) is 10.5. The van der Waals surface area contributed by atoms with Gasteiger partial charge >= 0.3 is 5.97 Å². The number of carboxylic acid groups (broad SMARTS) is 1. The number of benzene rings is 1. The van der Waals surface area contributed by atoms with Gasteiger partial charge in [0.25, 0.3) is 0 Å². The Morgan fingerprint density at radius 3 is 2.27 bits per heavy atom. The summed E-state index contributed by atoms with van der Waals surface area (Å²) < 4.78 is 11.8. The molecule has 1 N–H and O–H groups in total. The van der Waals surface area contributed by atoms with Gasteiger partial charge in [-0.15, -0.1) is 0 Å². The van der Waals surface area contributed by atoms with Gasteiger partial charge in [0.2, 0.25) is 0 Å². The normalized spacial score (nSPS) is 20.5. The second-order valence-corrected chi connectivity index (χ2v) is 12.2. The maximum absolute atomic E-state index is 13.2. The molecule has 1 unspecified atom stereocenters. The fourth-order valence-electron chi connectivity index (χ4n) is 5.64. The minimum atomic E-state index is -0.961. The smallest absolute Gasteiger partial charge is 0.336 e. The number of hydrogen-bond acceptors (Lipinski definition) is 5. The lowest BCUT2D eigenvalue weighted by Gasteiger charge is -2.40. The first kappa shape index (κ1) is 29.1. The molecular weight excluding hydrogens is 484 g/mol. The number of methoxy groups -OCH3 is 1. The summed E-state index contributed by atoms with van der Waals surface area (Å²) in [6, 6.07) is 3.78. The molecule has 0 saturated heterocycles. The summed E-state index contributed by atoms with van der Waals surface area (Å²) in [5.41, 5.74) is 3.66. The topological polar surface area (TPSA) is 72.8 Å². The van der Waals surface area contributed by atoms with Crippen LogP contribution in [0.5, 0.6) is 5.75 Å². The van der Waals surface area contributed by atoms with Gasteiger partial charge in [-0.25, -0.2) is 4.79 Å². The molecule has 1 aromatic carbocycles. The van der Waals surface area contributed by atoms with E-state index in [0.29, 0.717) is 23.5 Å². The Kier molecular flexibility index (Phi) is 9.74. The van der Waals surface area contributed by atoms with Gasteiger partial charge < -0.3 is 14.6 Å². The third-order valence-corrected chi connectivity index (χ3v) is 9.35. The van der Waals surface area contributed by atoms with Gasteiger partial charge in [-0.05, 0) is 75.3 Å². The largest absolute Gasteiger partial charge is 0.500 e. The van der Waals surface area contributed by atoms with Crippen LogP contribution in [0.15, 0.2) is 46.8 Å². The van der Waals surface area contributed by atoms with Crippen molar-refractivity contribution in [3.05, 3.63) is 63.5 Å². The number of carbonyl (C=O) groups excluding carboxylic acids is 1. The van der Waals surface area contributed by atoms with Crippen LogP contribution in [-0.2, 0) is 9.53 Å². The van der Waals surface area contributed by atoms with Crippen molar-refractivity contribution >= 4 is 23.5 Å². The molecule has 1 fully saturated rings. The van der Waals surface area contributed by atoms with Crippen molar-refractivity contribution in [3.63, 3.8) is 0 Å². The van der Waals surface area contributed by atoms with E-state index in [1.54, 1.807) is 20.1 Å². The minimum Gasteiger partial charge on any atom is -0.500 e. The average Bonchev–Trinajstić information content (AvgIpc) is 2.84. The number of rotatable bonds is 10. The van der Waals surface area contributed by atoms with E-state index in [4.69, 9.17) is 9.47 Å². The van der Waals surface area contributed by atoms with Crippen LogP contribution in [0.4, 0.5) is 0 Å². The third-order valence-electron chi connectivity index (χ3n) is 8.00. The zero-order valence-electron chi connectivity index (χ0n) is 23.4. The second kappa shape index (κ2) is 12.4. The Labute approximate surface area is 226 Å². The fraction of sp³-hybridized carbons (Fsp3) is 0.548. The van der Waals surface area contributed by atoms with Crippen LogP contribution in [0, 0.1) is 25.2 Å². The van der Waals surface area contributed by atoms with Crippen LogP contribution in [-0.4, -0.2) is 41.6 Å². The molecule has 1 atom stereocenters. The molecule has 2 aliphatic carbocycles. The summed E-state index contributed by atoms with van der Waals surface area (Å²) in [7, 11) is 1.55. The van der Waals surface area contributed by atoms with Gasteiger partial charge in [-0.2, -0.15) is 11.8 Å². The molecule has 202 valence electrons. The van der Waals surface area contributed by atoms with Gasteiger partial charge in [0.1, 0.15) is 11.5 Å². The molecule has 0 aromatic heterocycles. The Morgan fingerprint density at radius 1 is 1.08 bits per heavy atom. The van der Waals surface area contributed by atoms with Crippen molar-refractivity contribution in [1.29, 1.82) is 0 Å². The highest BCUT2D eigenvalue weighted by Gasteiger charge is 2.41. The molecule has 3 rings (SSSR count). The molecule has 0 spiro atoms. The van der Waals surface area contributed by atoms with Crippen molar-refractivity contribution in [2.24, 2.45) is 11.3 Å². The molecule has 1 saturated carbocycles. The van der Waals surface area contributed by atoms with Gasteiger partial charge in [0.05, 0.1) is 19.3 Å². The minimum absolute atomic E-state index is 0.0971. The van der Waals surface area contributed by atoms with Crippen LogP contribution < -0.4 is 4.74 Å². The summed E-state index contributed by atoms with van der Waals surface area (Å²) in [6.07, 6.45) is 10.2. The van der Waals surface area contributed by atoms with Crippen LogP contribution in [0.3, 0.4) is 0 Å². The highest BCUT2D eigenvalue weighted by atomic mass is 32.2. The first-order chi connectivity index (χ1) is 17.5. The SMILES string of the molecule is COC1=C(C)C(C(=O)O)=C(C)C(C)(C)C1C=CC(=O)c1cc(C)c(OCCSC2CCCCC2)c(C)c1. The maximum atomic E-state index is 13.2. The van der Waals surface area contributed by atoms with E-state index in [1.165, 1.54) is 32.1 Å². The highest BCUT2D eigenvalue weighted by Crippen LogP contribution is 2.48. The Morgan fingerprint density at radius 2 is 1.70 bits per heavy atom. The van der Waals surface area contributed by atoms with E-state index < -0.39 is 11.4 Å². The molecule has 6 heteroatoms. The van der Waals surface area contributed by atoms with E-state index in [0.717, 1.165) is 33.5 Å². The molecule has 0 bridgehead atoms. The fourth-order valence-corrected chi connectivity index (χ4v) is 6.82. The molecule has 0 aliphatic heterocycles. The number of ketones is 1. The van der Waals surface area contributed by atoms with E-state index in [1.807, 2.05) is 64.6 Å². The van der Waals surface area contributed by atoms with Crippen molar-refractivity contribution in [1.82, 2.24) is 0 Å². The number of carboxylic acids is 1. The van der Waals surface area contributed by atoms with Crippen molar-refractivity contribution < 1.29 is 24.2 Å². The zero-order chi connectivity index (χ0) is 27.3. The molecule has 0 heterocycles. The summed E-state index contributed by atoms with van der Waals surface area (Å²) in [6.45, 7) is 12.2. The summed E-state index contributed by atoms with van der Waals surface area (Å²) in [4.78, 5) is 25.1. The molecule has 0 amide bonds. The zero-order valence-corrected chi connectivity index (χ0v) is 24.2. The first-order valence-electron chi connectivity index (χ1n) is 13.3. The van der Waals surface area contributed by atoms with Gasteiger partial charge in [0.15, 0.2) is 5.78 Å². The maximum Gasteiger partial charge on any atom is 0.336 e. The second-order valence-electron chi connectivity index (χ2n) is 10.8. The van der Waals surface area contributed by atoms with E-state index in [9.17, 15) is 14.7 Å². The average molecular weight is 527 g/mol. The Balaban J connectivity index is 1.72. The van der Waals surface area contributed by atoms with Crippen LogP contribution in [0.2, 0.25) is 0 Å². The summed E-state index contributed by atoms with van der Waals surface area (Å²) >= 11 is 2.02. The molecule has 1 aromatic rings. The van der Waals surface area contributed by atoms with Gasteiger partial charge in [0, 0.05) is 28.1 Å². The number of hydrogen-bond donors (Lipinski definition) is 1. The first-order valence-corrected chi connectivity index (χ1v) is 14.3. The summed E-state index contributed by atoms with van der Waals surface area (Å²) in [5.74, 6) is 1.11. The van der Waals surface area contributed by atoms with Crippen LogP contribution >= 0.6 is 11.8 Å². The number of carbonyl (C=O) groups is 2. The Bertz CT molecular complexity index is 1100. The standard InChI is InChI=1S/C31H42O5S/c1-19-17-23(18-20(2)28(19)36-15-16-37-24-11-9-8-10-12-24)26(32)14-13-25-29(35-7)21(3)27(30(33)34)22(4)31(25,5)6/h13-14,17-18,24-25H,8-12,15-16H2,1-7H3,(H,33,34). The lowest BCUT2D eigenvalue weighted by atomic mass is 9.66. The number of aliphatic carboxylic acids is 1. The Hall–Kier alpha value is -2.47. The highest BCUT2D eigenvalue weighted by molar-refractivity contribution is 7.99. The lowest BCUT2D eigenvalue weighted by molar-refractivity contribution is -0.132. The lowest BCUT2D eigenvalue weighted by Crippen LogP contribution is -2.33. The van der Waals surface area contributed by atoms with Gasteiger partial charge in [-0.1, -0.05) is 44.8 Å². The van der Waals surface area contributed by atoms with Crippen molar-refractivity contribution in [2.45, 2.75) is 78.9 Å². The molecular formula is C31H42O5S. The number of allylic oxidation sites excluding steroid dienone is 3. The van der Waals surface area contributed by atoms with E-state index in [-0.39, 0.29) is 17.3 Å². The van der Waals surface area contributed by atoms with E-state index in [2.05, 4.69) is 0 Å². The molecule has 0 radical (unpaired) electrons. The van der Waals surface area contributed by atoms with Crippen LogP contribution in [0.25, 0.3) is 0 Å². The molecule has 2 aliphatic rings. The number of ether oxygens (including phenoxy) is 2. The predicted octanol–water partition coefficient (Wildman–Crippen LogP) is 7.46. The monoisotopic (exact) mass is 526 g/mol. The van der Waals surface area contributed by atoms with E-state index >= 15 is 0 Å². The number of thioether (sulfide) groups is 1. The number of aryl methyl sites for hydroxylation is 2. The van der Waals surface area contributed by atoms with Crippen molar-refractivity contribution in [2.75, 3.05) is 19.5 Å². The third kappa shape index (κ3) is 6.51.